The molecule has 0 radical (unpaired) electrons. The summed E-state index contributed by atoms with van der Waals surface area (Å²) in [5.41, 5.74) is 0.422. The first-order valence-corrected chi connectivity index (χ1v) is 13.5. The van der Waals surface area contributed by atoms with Gasteiger partial charge in [0.1, 0.15) is 17.5 Å². The van der Waals surface area contributed by atoms with Crippen molar-refractivity contribution in [3.63, 3.8) is 0 Å². The van der Waals surface area contributed by atoms with Crippen LogP contribution in [0.15, 0.2) is 54.6 Å². The van der Waals surface area contributed by atoms with Crippen LogP contribution in [0.1, 0.15) is 32.6 Å². The van der Waals surface area contributed by atoms with E-state index < -0.39 is 16.1 Å². The molecule has 0 bridgehead atoms. The number of carbonyl (C=O) groups is 1. The van der Waals surface area contributed by atoms with E-state index >= 15 is 0 Å². The van der Waals surface area contributed by atoms with Gasteiger partial charge in [0.2, 0.25) is 15.9 Å². The highest BCUT2D eigenvalue weighted by atomic mass is 32.2. The number of nitrogens with zero attached hydrogens (tertiary/aromatic N) is 1. The highest BCUT2D eigenvalue weighted by Crippen LogP contribution is 2.29. The smallest absolute Gasteiger partial charge is 0.243 e. The number of hydrogen-bond donors (Lipinski definition) is 1. The fourth-order valence-electron chi connectivity index (χ4n) is 3.70. The van der Waals surface area contributed by atoms with E-state index in [4.69, 9.17) is 4.74 Å². The third-order valence-electron chi connectivity index (χ3n) is 5.22. The first-order chi connectivity index (χ1) is 14.8. The van der Waals surface area contributed by atoms with Gasteiger partial charge in [-0.05, 0) is 56.2 Å². The number of sulfonamides is 1. The van der Waals surface area contributed by atoms with Crippen molar-refractivity contribution >= 4 is 33.4 Å². The predicted molar refractivity (Wildman–Crippen MR) is 127 cm³/mol. The van der Waals surface area contributed by atoms with Gasteiger partial charge in [-0.2, -0.15) is 11.8 Å². The third kappa shape index (κ3) is 6.90. The molecule has 1 N–H and O–H groups in total. The Balaban J connectivity index is 1.61. The van der Waals surface area contributed by atoms with Crippen LogP contribution >= 0.6 is 11.8 Å². The van der Waals surface area contributed by atoms with Gasteiger partial charge in [-0.1, -0.05) is 31.0 Å². The summed E-state index contributed by atoms with van der Waals surface area (Å²) in [6, 6.07) is 15.2. The minimum Gasteiger partial charge on any atom is -0.457 e. The van der Waals surface area contributed by atoms with E-state index in [1.807, 2.05) is 42.1 Å². The zero-order chi connectivity index (χ0) is 22.3. The molecular weight excluding hydrogens is 432 g/mol. The SMILES string of the molecule is C[C@H](C(=O)NCCSC1CCCC1)N(c1ccc(Oc2ccccc2)cc1)S(C)(=O)=O. The fraction of sp³-hybridized carbons (Fsp3) is 0.435. The van der Waals surface area contributed by atoms with Crippen molar-refractivity contribution in [2.75, 3.05) is 22.9 Å². The summed E-state index contributed by atoms with van der Waals surface area (Å²) in [4.78, 5) is 12.7. The number of para-hydroxylation sites is 1. The molecule has 2 aromatic rings. The summed E-state index contributed by atoms with van der Waals surface area (Å²) >= 11 is 1.89. The molecule has 1 amide bonds. The van der Waals surface area contributed by atoms with Gasteiger partial charge >= 0.3 is 0 Å². The molecule has 0 unspecified atom stereocenters. The number of carbonyl (C=O) groups excluding carboxylic acids is 1. The summed E-state index contributed by atoms with van der Waals surface area (Å²) in [5, 5.41) is 3.58. The Labute approximate surface area is 189 Å². The second-order valence-corrected chi connectivity index (χ2v) is 11.0. The van der Waals surface area contributed by atoms with E-state index in [1.165, 1.54) is 25.7 Å². The Hall–Kier alpha value is -2.19. The number of hydrogen-bond acceptors (Lipinski definition) is 5. The molecule has 6 nitrogen and oxygen atoms in total. The van der Waals surface area contributed by atoms with E-state index in [0.29, 0.717) is 29.0 Å². The van der Waals surface area contributed by atoms with E-state index in [0.717, 1.165) is 16.3 Å². The van der Waals surface area contributed by atoms with Crippen LogP contribution in [-0.4, -0.2) is 44.2 Å². The summed E-state index contributed by atoms with van der Waals surface area (Å²) in [6.07, 6.45) is 6.20. The second kappa shape index (κ2) is 10.9. The van der Waals surface area contributed by atoms with Gasteiger partial charge < -0.3 is 10.1 Å². The second-order valence-electron chi connectivity index (χ2n) is 7.71. The number of anilines is 1. The van der Waals surface area contributed by atoms with Crippen molar-refractivity contribution in [3.8, 4) is 11.5 Å². The van der Waals surface area contributed by atoms with Gasteiger partial charge in [0.05, 0.1) is 11.9 Å². The van der Waals surface area contributed by atoms with Crippen molar-refractivity contribution in [3.05, 3.63) is 54.6 Å². The maximum atomic E-state index is 12.7. The maximum absolute atomic E-state index is 12.7. The molecule has 0 heterocycles. The highest BCUT2D eigenvalue weighted by Gasteiger charge is 2.29. The Kier molecular flexibility index (Phi) is 8.26. The van der Waals surface area contributed by atoms with Crippen LogP contribution in [0, 0.1) is 0 Å². The molecule has 0 saturated heterocycles. The molecule has 1 saturated carbocycles. The number of thioether (sulfide) groups is 1. The molecular formula is C23H30N2O4S2. The van der Waals surface area contributed by atoms with Crippen LogP contribution in [-0.2, 0) is 14.8 Å². The summed E-state index contributed by atoms with van der Waals surface area (Å²) < 4.78 is 31.9. The average molecular weight is 463 g/mol. The van der Waals surface area contributed by atoms with Gasteiger partial charge in [0, 0.05) is 17.5 Å². The van der Waals surface area contributed by atoms with Crippen molar-refractivity contribution in [2.24, 2.45) is 0 Å². The van der Waals surface area contributed by atoms with Gasteiger partial charge in [-0.3, -0.25) is 9.10 Å². The molecule has 1 fully saturated rings. The zero-order valence-electron chi connectivity index (χ0n) is 18.0. The molecule has 1 atom stereocenters. The minimum atomic E-state index is -3.65. The summed E-state index contributed by atoms with van der Waals surface area (Å²) in [6.45, 7) is 2.14. The Bertz CT molecular complexity index is 943. The monoisotopic (exact) mass is 462 g/mol. The molecule has 168 valence electrons. The highest BCUT2D eigenvalue weighted by molar-refractivity contribution is 7.99. The average Bonchev–Trinajstić information content (AvgIpc) is 3.26. The predicted octanol–water partition coefficient (Wildman–Crippen LogP) is 4.43. The molecule has 8 heteroatoms. The molecule has 1 aliphatic carbocycles. The van der Waals surface area contributed by atoms with E-state index in [9.17, 15) is 13.2 Å². The lowest BCUT2D eigenvalue weighted by Gasteiger charge is -2.28. The topological polar surface area (TPSA) is 75.7 Å². The van der Waals surface area contributed by atoms with Crippen LogP contribution in [0.25, 0.3) is 0 Å². The van der Waals surface area contributed by atoms with E-state index in [2.05, 4.69) is 5.32 Å². The maximum Gasteiger partial charge on any atom is 0.243 e. The van der Waals surface area contributed by atoms with E-state index in [1.54, 1.807) is 31.2 Å². The number of rotatable bonds is 10. The number of nitrogens with one attached hydrogen (secondary N) is 1. The normalized spacial score (nSPS) is 15.4. The first-order valence-electron chi connectivity index (χ1n) is 10.6. The van der Waals surface area contributed by atoms with Crippen LogP contribution in [0.2, 0.25) is 0 Å². The van der Waals surface area contributed by atoms with Gasteiger partial charge in [-0.15, -0.1) is 0 Å². The van der Waals surface area contributed by atoms with Gasteiger partial charge in [0.25, 0.3) is 0 Å². The Morgan fingerprint density at radius 3 is 2.32 bits per heavy atom. The molecule has 0 aromatic heterocycles. The van der Waals surface area contributed by atoms with Crippen molar-refractivity contribution in [2.45, 2.75) is 43.9 Å². The molecule has 0 spiro atoms. The summed E-state index contributed by atoms with van der Waals surface area (Å²) in [5.74, 6) is 1.82. The molecule has 3 rings (SSSR count). The Morgan fingerprint density at radius 1 is 1.10 bits per heavy atom. The van der Waals surface area contributed by atoms with Crippen LogP contribution in [0.3, 0.4) is 0 Å². The molecule has 2 aromatic carbocycles. The van der Waals surface area contributed by atoms with E-state index in [-0.39, 0.29) is 5.91 Å². The quantitative estimate of drug-likeness (QED) is 0.529. The van der Waals surface area contributed by atoms with Crippen LogP contribution < -0.4 is 14.4 Å². The number of ether oxygens (including phenoxy) is 1. The molecule has 0 aliphatic heterocycles. The third-order valence-corrected chi connectivity index (χ3v) is 7.84. The number of amides is 1. The standard InChI is InChI=1S/C23H30N2O4S2/c1-18(23(26)24-16-17-30-22-10-6-7-11-22)25(31(2,27)28)19-12-14-21(15-13-19)29-20-8-4-3-5-9-20/h3-5,8-9,12-15,18,22H,6-7,10-11,16-17H2,1-2H3,(H,24,26)/t18-/m1/s1. The van der Waals surface area contributed by atoms with Crippen molar-refractivity contribution in [1.29, 1.82) is 0 Å². The largest absolute Gasteiger partial charge is 0.457 e. The van der Waals surface area contributed by atoms with Crippen LogP contribution in [0.4, 0.5) is 5.69 Å². The van der Waals surface area contributed by atoms with Crippen molar-refractivity contribution in [1.82, 2.24) is 5.32 Å². The zero-order valence-corrected chi connectivity index (χ0v) is 19.6. The number of benzene rings is 2. The fourth-order valence-corrected chi connectivity index (χ4v) is 6.09. The molecule has 31 heavy (non-hydrogen) atoms. The lowest BCUT2D eigenvalue weighted by atomic mass is 10.2. The molecule has 1 aliphatic rings. The summed E-state index contributed by atoms with van der Waals surface area (Å²) in [7, 11) is -3.65. The minimum absolute atomic E-state index is 0.304. The van der Waals surface area contributed by atoms with Gasteiger partial charge in [-0.25, -0.2) is 8.42 Å². The Morgan fingerprint density at radius 2 is 1.71 bits per heavy atom. The van der Waals surface area contributed by atoms with Crippen molar-refractivity contribution < 1.29 is 17.9 Å². The lowest BCUT2D eigenvalue weighted by molar-refractivity contribution is -0.121. The van der Waals surface area contributed by atoms with Crippen LogP contribution in [0.5, 0.6) is 11.5 Å². The lowest BCUT2D eigenvalue weighted by Crippen LogP contribution is -2.48. The first kappa shape index (κ1) is 23.5. The van der Waals surface area contributed by atoms with Gasteiger partial charge in [0.15, 0.2) is 0 Å².